The van der Waals surface area contributed by atoms with Gasteiger partial charge in [0.15, 0.2) is 0 Å². The third-order valence-corrected chi connectivity index (χ3v) is 3.62. The molecule has 1 aliphatic heterocycles. The van der Waals surface area contributed by atoms with Gasteiger partial charge in [0.25, 0.3) is 0 Å². The summed E-state index contributed by atoms with van der Waals surface area (Å²) < 4.78 is 5.22. The molecule has 1 saturated heterocycles. The van der Waals surface area contributed by atoms with E-state index in [1.807, 2.05) is 0 Å². The molecular weight excluding hydrogens is 261 g/mol. The Labute approximate surface area is 110 Å². The first-order chi connectivity index (χ1) is 8.18. The van der Waals surface area contributed by atoms with Gasteiger partial charge in [0.1, 0.15) is 0 Å². The fraction of sp³-hybridized carbons (Fsp3) is 0.417. The predicted molar refractivity (Wildman–Crippen MR) is 68.6 cm³/mol. The molecule has 1 aromatic rings. The zero-order chi connectivity index (χ0) is 12.3. The number of carbonyl (C=O) groups excluding carboxylic acids is 1. The Hall–Kier alpha value is -0.770. The van der Waals surface area contributed by atoms with Crippen molar-refractivity contribution >= 4 is 34.8 Å². The molecule has 0 aliphatic carbocycles. The molecule has 2 rings (SSSR count). The molecule has 17 heavy (non-hydrogen) atoms. The summed E-state index contributed by atoms with van der Waals surface area (Å²) in [5, 5.41) is 3.63. The van der Waals surface area contributed by atoms with E-state index in [-0.39, 0.29) is 11.8 Å². The van der Waals surface area contributed by atoms with Crippen LogP contribution in [-0.2, 0) is 9.53 Å². The normalized spacial score (nSPS) is 16.8. The molecule has 1 fully saturated rings. The minimum atomic E-state index is -0.0162. The first-order valence-corrected chi connectivity index (χ1v) is 6.26. The third-order valence-electron chi connectivity index (χ3n) is 2.80. The van der Waals surface area contributed by atoms with Gasteiger partial charge in [-0.15, -0.1) is 0 Å². The highest BCUT2D eigenvalue weighted by Gasteiger charge is 2.22. The monoisotopic (exact) mass is 273 g/mol. The van der Waals surface area contributed by atoms with Crippen LogP contribution in [0, 0.1) is 5.92 Å². The van der Waals surface area contributed by atoms with Crippen molar-refractivity contribution in [2.75, 3.05) is 18.5 Å². The summed E-state index contributed by atoms with van der Waals surface area (Å²) >= 11 is 11.9. The van der Waals surface area contributed by atoms with Gasteiger partial charge in [-0.3, -0.25) is 4.79 Å². The Morgan fingerprint density at radius 2 is 2.00 bits per heavy atom. The molecular formula is C12H13Cl2NO2. The second-order valence-electron chi connectivity index (χ2n) is 3.98. The van der Waals surface area contributed by atoms with Crippen molar-refractivity contribution in [1.82, 2.24) is 0 Å². The minimum absolute atomic E-state index is 0.00111. The molecule has 1 amide bonds. The molecule has 0 radical (unpaired) electrons. The van der Waals surface area contributed by atoms with Crippen molar-refractivity contribution in [2.24, 2.45) is 5.92 Å². The number of anilines is 1. The van der Waals surface area contributed by atoms with E-state index in [1.54, 1.807) is 18.2 Å². The lowest BCUT2D eigenvalue weighted by molar-refractivity contribution is -0.122. The van der Waals surface area contributed by atoms with Gasteiger partial charge in [0.2, 0.25) is 5.91 Å². The topological polar surface area (TPSA) is 38.3 Å². The second-order valence-corrected chi connectivity index (χ2v) is 4.76. The van der Waals surface area contributed by atoms with Crippen LogP contribution in [0.1, 0.15) is 12.8 Å². The number of benzene rings is 1. The number of amides is 1. The lowest BCUT2D eigenvalue weighted by Crippen LogP contribution is -2.28. The number of carbonyl (C=O) groups is 1. The van der Waals surface area contributed by atoms with Crippen molar-refractivity contribution in [2.45, 2.75) is 12.8 Å². The zero-order valence-electron chi connectivity index (χ0n) is 9.21. The highest BCUT2D eigenvalue weighted by Crippen LogP contribution is 2.30. The Morgan fingerprint density at radius 1 is 1.29 bits per heavy atom. The summed E-state index contributed by atoms with van der Waals surface area (Å²) in [5.74, 6) is -0.0173. The fourth-order valence-corrected chi connectivity index (χ4v) is 2.14. The van der Waals surface area contributed by atoms with E-state index in [9.17, 15) is 4.79 Å². The number of halogens is 2. The van der Waals surface area contributed by atoms with Crippen LogP contribution < -0.4 is 5.32 Å². The summed E-state index contributed by atoms with van der Waals surface area (Å²) in [5.41, 5.74) is 0.565. The molecule has 0 spiro atoms. The Balaban J connectivity index is 2.04. The first kappa shape index (κ1) is 12.7. The summed E-state index contributed by atoms with van der Waals surface area (Å²) in [6, 6.07) is 5.19. The average Bonchev–Trinajstić information content (AvgIpc) is 2.36. The molecule has 0 bridgehead atoms. The first-order valence-electron chi connectivity index (χ1n) is 5.51. The van der Waals surface area contributed by atoms with E-state index in [0.29, 0.717) is 28.9 Å². The zero-order valence-corrected chi connectivity index (χ0v) is 10.7. The minimum Gasteiger partial charge on any atom is -0.381 e. The van der Waals surface area contributed by atoms with Gasteiger partial charge in [-0.05, 0) is 25.0 Å². The van der Waals surface area contributed by atoms with E-state index in [4.69, 9.17) is 27.9 Å². The molecule has 0 saturated carbocycles. The van der Waals surface area contributed by atoms with E-state index in [2.05, 4.69) is 5.32 Å². The van der Waals surface area contributed by atoms with Gasteiger partial charge in [-0.1, -0.05) is 29.3 Å². The van der Waals surface area contributed by atoms with Crippen LogP contribution in [0.25, 0.3) is 0 Å². The SMILES string of the molecule is O=C(Nc1cccc(Cl)c1Cl)C1CCOCC1. The number of ether oxygens (including phenoxy) is 1. The van der Waals surface area contributed by atoms with Gasteiger partial charge in [-0.2, -0.15) is 0 Å². The smallest absolute Gasteiger partial charge is 0.227 e. The quantitative estimate of drug-likeness (QED) is 0.898. The van der Waals surface area contributed by atoms with Crippen LogP contribution in [-0.4, -0.2) is 19.1 Å². The largest absolute Gasteiger partial charge is 0.381 e. The number of hydrogen-bond donors (Lipinski definition) is 1. The Morgan fingerprint density at radius 3 is 2.71 bits per heavy atom. The van der Waals surface area contributed by atoms with E-state index >= 15 is 0 Å². The predicted octanol–water partition coefficient (Wildman–Crippen LogP) is 3.36. The van der Waals surface area contributed by atoms with E-state index < -0.39 is 0 Å². The van der Waals surface area contributed by atoms with Crippen LogP contribution in [0.3, 0.4) is 0 Å². The van der Waals surface area contributed by atoms with Gasteiger partial charge in [0, 0.05) is 19.1 Å². The van der Waals surface area contributed by atoms with Crippen molar-refractivity contribution in [3.63, 3.8) is 0 Å². The van der Waals surface area contributed by atoms with Gasteiger partial charge in [-0.25, -0.2) is 0 Å². The molecule has 5 heteroatoms. The number of rotatable bonds is 2. The van der Waals surface area contributed by atoms with Gasteiger partial charge >= 0.3 is 0 Å². The van der Waals surface area contributed by atoms with E-state index in [0.717, 1.165) is 12.8 Å². The Kier molecular flexibility index (Phi) is 4.26. The molecule has 1 aliphatic rings. The molecule has 1 N–H and O–H groups in total. The second kappa shape index (κ2) is 5.71. The molecule has 3 nitrogen and oxygen atoms in total. The lowest BCUT2D eigenvalue weighted by Gasteiger charge is -2.21. The van der Waals surface area contributed by atoms with Crippen LogP contribution in [0.2, 0.25) is 10.0 Å². The number of hydrogen-bond acceptors (Lipinski definition) is 2. The average molecular weight is 274 g/mol. The maximum atomic E-state index is 12.0. The summed E-state index contributed by atoms with van der Waals surface area (Å²) in [7, 11) is 0. The van der Waals surface area contributed by atoms with Crippen molar-refractivity contribution in [3.8, 4) is 0 Å². The summed E-state index contributed by atoms with van der Waals surface area (Å²) in [4.78, 5) is 12.0. The number of nitrogens with one attached hydrogen (secondary N) is 1. The van der Waals surface area contributed by atoms with Crippen LogP contribution in [0.4, 0.5) is 5.69 Å². The van der Waals surface area contributed by atoms with Gasteiger partial charge < -0.3 is 10.1 Å². The van der Waals surface area contributed by atoms with Crippen molar-refractivity contribution < 1.29 is 9.53 Å². The van der Waals surface area contributed by atoms with Crippen LogP contribution >= 0.6 is 23.2 Å². The fourth-order valence-electron chi connectivity index (χ4n) is 1.79. The van der Waals surface area contributed by atoms with Crippen LogP contribution in [0.5, 0.6) is 0 Å². The summed E-state index contributed by atoms with van der Waals surface area (Å²) in [6.45, 7) is 1.28. The maximum absolute atomic E-state index is 12.0. The molecule has 0 aromatic heterocycles. The maximum Gasteiger partial charge on any atom is 0.227 e. The van der Waals surface area contributed by atoms with Crippen molar-refractivity contribution in [3.05, 3.63) is 28.2 Å². The third kappa shape index (κ3) is 3.12. The standard InChI is InChI=1S/C12H13Cl2NO2/c13-9-2-1-3-10(11(9)14)15-12(16)8-4-6-17-7-5-8/h1-3,8H,4-7H2,(H,15,16). The molecule has 1 aromatic carbocycles. The highest BCUT2D eigenvalue weighted by atomic mass is 35.5. The van der Waals surface area contributed by atoms with E-state index in [1.165, 1.54) is 0 Å². The molecule has 92 valence electrons. The van der Waals surface area contributed by atoms with Crippen LogP contribution in [0.15, 0.2) is 18.2 Å². The summed E-state index contributed by atoms with van der Waals surface area (Å²) in [6.07, 6.45) is 1.51. The molecule has 0 atom stereocenters. The molecule has 1 heterocycles. The highest BCUT2D eigenvalue weighted by molar-refractivity contribution is 6.43. The Bertz CT molecular complexity index is 417. The van der Waals surface area contributed by atoms with Gasteiger partial charge in [0.05, 0.1) is 15.7 Å². The lowest BCUT2D eigenvalue weighted by atomic mass is 9.99. The van der Waals surface area contributed by atoms with Crippen molar-refractivity contribution in [1.29, 1.82) is 0 Å². The molecule has 0 unspecified atom stereocenters.